The maximum Gasteiger partial charge on any atom is 0.435 e. The first-order valence-corrected chi connectivity index (χ1v) is 3.46. The van der Waals surface area contributed by atoms with Crippen molar-refractivity contribution in [3.63, 3.8) is 0 Å². The van der Waals surface area contributed by atoms with Gasteiger partial charge in [-0.2, -0.15) is 18.3 Å². The van der Waals surface area contributed by atoms with Crippen LogP contribution in [-0.2, 0) is 0 Å². The Morgan fingerprint density at radius 1 is 1.15 bits per heavy atom. The number of rotatable bonds is 1. The summed E-state index contributed by atoms with van der Waals surface area (Å²) in [5.74, 6) is 4.66. The maximum absolute atomic E-state index is 12.2. The van der Waals surface area contributed by atoms with Gasteiger partial charge in [0, 0.05) is 5.56 Å². The Hall–Kier alpha value is -1.52. The topological polar surface area (TPSA) is 38.4 Å². The minimum absolute atomic E-state index is 0.0301. The van der Waals surface area contributed by atoms with E-state index in [9.17, 15) is 13.2 Å². The van der Waals surface area contributed by atoms with Gasteiger partial charge in [-0.15, -0.1) is 0 Å². The second-order valence-corrected chi connectivity index (χ2v) is 2.34. The molecule has 0 unspecified atom stereocenters. The lowest BCUT2D eigenvalue weighted by atomic mass is 10.1. The number of nitrogens with zero attached hydrogens (tertiary/aromatic N) is 1. The lowest BCUT2D eigenvalue weighted by molar-refractivity contribution is -0.0582. The summed E-state index contributed by atoms with van der Waals surface area (Å²) in [7, 11) is 0. The van der Waals surface area contributed by atoms with Gasteiger partial charge in [0.15, 0.2) is 5.71 Å². The predicted octanol–water partition coefficient (Wildman–Crippen LogP) is 1.91. The Morgan fingerprint density at radius 2 is 1.69 bits per heavy atom. The molecule has 0 saturated heterocycles. The average molecular weight is 188 g/mol. The largest absolute Gasteiger partial charge is 0.435 e. The average Bonchev–Trinajstić information content (AvgIpc) is 2.05. The number of nitrogens with two attached hydrogens (primary N) is 1. The summed E-state index contributed by atoms with van der Waals surface area (Å²) in [6, 6.07) is 7.21. The third kappa shape index (κ3) is 2.21. The van der Waals surface area contributed by atoms with Crippen molar-refractivity contribution in [1.82, 2.24) is 0 Å². The van der Waals surface area contributed by atoms with Crippen molar-refractivity contribution in [2.45, 2.75) is 6.18 Å². The van der Waals surface area contributed by atoms with Crippen LogP contribution in [0, 0.1) is 0 Å². The van der Waals surface area contributed by atoms with Gasteiger partial charge < -0.3 is 5.84 Å². The molecule has 2 N–H and O–H groups in total. The molecule has 0 aliphatic rings. The number of hydrazone groups is 1. The summed E-state index contributed by atoms with van der Waals surface area (Å²) in [5.41, 5.74) is -1.09. The van der Waals surface area contributed by atoms with E-state index in [0.29, 0.717) is 0 Å². The molecule has 2 nitrogen and oxygen atoms in total. The van der Waals surface area contributed by atoms with Gasteiger partial charge >= 0.3 is 6.18 Å². The van der Waals surface area contributed by atoms with Gasteiger partial charge in [-0.1, -0.05) is 30.3 Å². The van der Waals surface area contributed by atoms with E-state index >= 15 is 0 Å². The molecule has 0 aliphatic carbocycles. The molecule has 0 aromatic heterocycles. The zero-order valence-corrected chi connectivity index (χ0v) is 6.55. The van der Waals surface area contributed by atoms with Crippen molar-refractivity contribution < 1.29 is 13.2 Å². The van der Waals surface area contributed by atoms with E-state index in [4.69, 9.17) is 0 Å². The molecule has 1 rings (SSSR count). The summed E-state index contributed by atoms with van der Waals surface area (Å²) in [6.07, 6.45) is -4.50. The molecule has 0 heterocycles. The Morgan fingerprint density at radius 3 is 2.08 bits per heavy atom. The van der Waals surface area contributed by atoms with Crippen LogP contribution in [0.25, 0.3) is 0 Å². The molecule has 0 spiro atoms. The standard InChI is InChI=1S/C8H7F3N2/c9-8(10,11)7(13-12)6-4-2-1-3-5-6/h1-5H,12H2. The minimum Gasteiger partial charge on any atom is -0.323 e. The molecule has 0 saturated carbocycles. The molecule has 0 fully saturated rings. The molecule has 13 heavy (non-hydrogen) atoms. The monoisotopic (exact) mass is 188 g/mol. The van der Waals surface area contributed by atoms with Crippen molar-refractivity contribution in [2.75, 3.05) is 0 Å². The van der Waals surface area contributed by atoms with E-state index < -0.39 is 11.9 Å². The van der Waals surface area contributed by atoms with Gasteiger partial charge in [0.2, 0.25) is 0 Å². The van der Waals surface area contributed by atoms with Crippen molar-refractivity contribution in [2.24, 2.45) is 10.9 Å². The fourth-order valence-electron chi connectivity index (χ4n) is 0.907. The van der Waals surface area contributed by atoms with Gasteiger partial charge in [0.25, 0.3) is 0 Å². The van der Waals surface area contributed by atoms with E-state index in [1.165, 1.54) is 24.3 Å². The Balaban J connectivity index is 3.08. The molecule has 0 amide bonds. The summed E-state index contributed by atoms with van der Waals surface area (Å²) in [6.45, 7) is 0. The lowest BCUT2D eigenvalue weighted by Gasteiger charge is -2.08. The highest BCUT2D eigenvalue weighted by molar-refractivity contribution is 6.04. The van der Waals surface area contributed by atoms with E-state index in [0.717, 1.165) is 0 Å². The van der Waals surface area contributed by atoms with Crippen LogP contribution in [0.5, 0.6) is 0 Å². The zero-order chi connectivity index (χ0) is 9.90. The molecular weight excluding hydrogens is 181 g/mol. The van der Waals surface area contributed by atoms with Crippen LogP contribution in [0.4, 0.5) is 13.2 Å². The van der Waals surface area contributed by atoms with E-state index in [-0.39, 0.29) is 5.56 Å². The lowest BCUT2D eigenvalue weighted by Crippen LogP contribution is -2.25. The highest BCUT2D eigenvalue weighted by Gasteiger charge is 2.36. The van der Waals surface area contributed by atoms with Crippen molar-refractivity contribution in [3.8, 4) is 0 Å². The first-order chi connectivity index (χ1) is 6.05. The van der Waals surface area contributed by atoms with Gasteiger partial charge in [-0.05, 0) is 0 Å². The van der Waals surface area contributed by atoms with Gasteiger partial charge in [0.1, 0.15) is 0 Å². The van der Waals surface area contributed by atoms with Crippen molar-refractivity contribution in [1.29, 1.82) is 0 Å². The van der Waals surface area contributed by atoms with Crippen LogP contribution < -0.4 is 5.84 Å². The van der Waals surface area contributed by atoms with Gasteiger partial charge in [-0.3, -0.25) is 0 Å². The van der Waals surface area contributed by atoms with E-state index in [2.05, 4.69) is 10.9 Å². The van der Waals surface area contributed by atoms with Crippen molar-refractivity contribution in [3.05, 3.63) is 35.9 Å². The first-order valence-electron chi connectivity index (χ1n) is 3.46. The molecule has 70 valence electrons. The Bertz CT molecular complexity index is 303. The van der Waals surface area contributed by atoms with E-state index in [1.54, 1.807) is 6.07 Å². The molecule has 1 aromatic rings. The zero-order valence-electron chi connectivity index (χ0n) is 6.55. The number of alkyl halides is 3. The Labute approximate surface area is 72.9 Å². The molecule has 0 atom stereocenters. The fraction of sp³-hybridized carbons (Fsp3) is 0.125. The second kappa shape index (κ2) is 3.47. The number of benzene rings is 1. The maximum atomic E-state index is 12.2. The van der Waals surface area contributed by atoms with Crippen LogP contribution in [0.3, 0.4) is 0 Å². The normalized spacial score (nSPS) is 13.0. The Kier molecular flexibility index (Phi) is 2.55. The second-order valence-electron chi connectivity index (χ2n) is 2.34. The van der Waals surface area contributed by atoms with Gasteiger partial charge in [-0.25, -0.2) is 0 Å². The van der Waals surface area contributed by atoms with E-state index in [1.807, 2.05) is 0 Å². The van der Waals surface area contributed by atoms with Crippen LogP contribution >= 0.6 is 0 Å². The summed E-state index contributed by atoms with van der Waals surface area (Å²) in [5, 5.41) is 2.72. The predicted molar refractivity (Wildman–Crippen MR) is 43.2 cm³/mol. The third-order valence-electron chi connectivity index (χ3n) is 1.44. The smallest absolute Gasteiger partial charge is 0.323 e. The summed E-state index contributed by atoms with van der Waals surface area (Å²) < 4.78 is 36.6. The molecular formula is C8H7F3N2. The first kappa shape index (κ1) is 9.57. The molecule has 0 radical (unpaired) electrons. The number of hydrogen-bond acceptors (Lipinski definition) is 2. The van der Waals surface area contributed by atoms with Crippen LogP contribution in [0.1, 0.15) is 5.56 Å². The number of halogens is 3. The quantitative estimate of drug-likeness (QED) is 0.408. The van der Waals surface area contributed by atoms with Crippen LogP contribution in [0.2, 0.25) is 0 Å². The highest BCUT2D eigenvalue weighted by Crippen LogP contribution is 2.21. The molecule has 5 heteroatoms. The summed E-state index contributed by atoms with van der Waals surface area (Å²) >= 11 is 0. The van der Waals surface area contributed by atoms with Crippen LogP contribution in [0.15, 0.2) is 35.4 Å². The summed E-state index contributed by atoms with van der Waals surface area (Å²) in [4.78, 5) is 0. The SMILES string of the molecule is NN=C(c1ccccc1)C(F)(F)F. The molecule has 0 bridgehead atoms. The molecule has 0 aliphatic heterocycles. The molecule has 1 aromatic carbocycles. The third-order valence-corrected chi connectivity index (χ3v) is 1.44. The van der Waals surface area contributed by atoms with Crippen LogP contribution in [-0.4, -0.2) is 11.9 Å². The highest BCUT2D eigenvalue weighted by atomic mass is 19.4. The minimum atomic E-state index is -4.50. The van der Waals surface area contributed by atoms with Crippen molar-refractivity contribution >= 4 is 5.71 Å². The fourth-order valence-corrected chi connectivity index (χ4v) is 0.907. The van der Waals surface area contributed by atoms with Gasteiger partial charge in [0.05, 0.1) is 0 Å². The number of hydrogen-bond donors (Lipinski definition) is 1.